The number of benzene rings is 4. The Morgan fingerprint density at radius 2 is 0.538 bits per heavy atom. The molecule has 0 radical (unpaired) electrons. The van der Waals surface area contributed by atoms with E-state index in [0.29, 0.717) is 0 Å². The SMILES string of the molecule is CC(C)[NH+](C(C)C)C(C)C.Cc1ccc([B-](c2ccc(C)cc2)(c2ccc(C)cc2)c2ccc(C)cc2)cc1. The van der Waals surface area contributed by atoms with Gasteiger partial charge in [-0.15, -0.1) is 0 Å². The molecule has 0 amide bonds. The van der Waals surface area contributed by atoms with Crippen LogP contribution in [0.1, 0.15) is 63.8 Å². The van der Waals surface area contributed by atoms with Gasteiger partial charge in [-0.05, 0) is 69.2 Å². The Morgan fingerprint density at radius 1 is 0.359 bits per heavy atom. The fourth-order valence-corrected chi connectivity index (χ4v) is 6.58. The minimum atomic E-state index is -1.27. The third-order valence-electron chi connectivity index (χ3n) is 8.31. The number of aryl methyl sites for hydroxylation is 4. The summed E-state index contributed by atoms with van der Waals surface area (Å²) >= 11 is 0. The molecule has 4 aromatic carbocycles. The molecule has 39 heavy (non-hydrogen) atoms. The Kier molecular flexibility index (Phi) is 10.4. The van der Waals surface area contributed by atoms with Crippen molar-refractivity contribution in [1.29, 1.82) is 0 Å². The minimum absolute atomic E-state index is 0.750. The molecule has 0 saturated heterocycles. The van der Waals surface area contributed by atoms with Gasteiger partial charge in [-0.1, -0.05) is 119 Å². The van der Waals surface area contributed by atoms with Crippen molar-refractivity contribution in [3.63, 3.8) is 0 Å². The maximum atomic E-state index is 2.31. The van der Waals surface area contributed by atoms with Gasteiger partial charge in [0.25, 0.3) is 0 Å². The lowest BCUT2D eigenvalue weighted by atomic mass is 9.13. The second-order valence-electron chi connectivity index (χ2n) is 12.5. The van der Waals surface area contributed by atoms with E-state index in [9.17, 15) is 0 Å². The summed E-state index contributed by atoms with van der Waals surface area (Å²) in [5.74, 6) is 0. The summed E-state index contributed by atoms with van der Waals surface area (Å²) in [5, 5.41) is 0. The fraction of sp³-hybridized carbons (Fsp3) is 0.351. The van der Waals surface area contributed by atoms with E-state index in [0.717, 1.165) is 18.1 Å². The van der Waals surface area contributed by atoms with E-state index in [1.807, 2.05) is 0 Å². The van der Waals surface area contributed by atoms with Crippen molar-refractivity contribution in [2.75, 3.05) is 0 Å². The molecule has 0 aliphatic heterocycles. The first-order valence-electron chi connectivity index (χ1n) is 14.8. The van der Waals surface area contributed by atoms with Crippen LogP contribution in [0.3, 0.4) is 0 Å². The second kappa shape index (κ2) is 13.3. The summed E-state index contributed by atoms with van der Waals surface area (Å²) in [6, 6.07) is 38.7. The van der Waals surface area contributed by atoms with Crippen molar-refractivity contribution in [1.82, 2.24) is 0 Å². The fourth-order valence-electron chi connectivity index (χ4n) is 6.58. The maximum Gasteiger partial charge on any atom is 0.108 e. The van der Waals surface area contributed by atoms with Crippen LogP contribution in [-0.4, -0.2) is 24.3 Å². The maximum absolute atomic E-state index is 2.31. The van der Waals surface area contributed by atoms with Crippen molar-refractivity contribution in [3.8, 4) is 0 Å². The van der Waals surface area contributed by atoms with Crippen LogP contribution in [0.4, 0.5) is 0 Å². The average molecular weight is 520 g/mol. The molecule has 0 aromatic heterocycles. The van der Waals surface area contributed by atoms with Gasteiger partial charge in [0.05, 0.1) is 18.1 Å². The lowest BCUT2D eigenvalue weighted by Gasteiger charge is -2.44. The van der Waals surface area contributed by atoms with Gasteiger partial charge in [-0.25, -0.2) is 0 Å². The highest BCUT2D eigenvalue weighted by Gasteiger charge is 2.31. The number of rotatable bonds is 7. The highest BCUT2D eigenvalue weighted by molar-refractivity contribution is 7.19. The summed E-state index contributed by atoms with van der Waals surface area (Å²) in [4.78, 5) is 1.69. The predicted molar refractivity (Wildman–Crippen MR) is 175 cm³/mol. The Morgan fingerprint density at radius 3 is 0.667 bits per heavy atom. The zero-order chi connectivity index (χ0) is 28.7. The Labute approximate surface area is 239 Å². The minimum Gasteiger partial charge on any atom is -0.329 e. The molecule has 0 bridgehead atoms. The summed E-state index contributed by atoms with van der Waals surface area (Å²) in [7, 11) is 0. The van der Waals surface area contributed by atoms with Gasteiger partial charge in [0.2, 0.25) is 0 Å². The van der Waals surface area contributed by atoms with Crippen molar-refractivity contribution in [2.24, 2.45) is 0 Å². The zero-order valence-corrected chi connectivity index (χ0v) is 26.0. The van der Waals surface area contributed by atoms with E-state index < -0.39 is 6.15 Å². The largest absolute Gasteiger partial charge is 0.329 e. The monoisotopic (exact) mass is 519 g/mol. The molecule has 0 spiro atoms. The molecule has 0 saturated carbocycles. The molecule has 0 fully saturated rings. The first-order chi connectivity index (χ1) is 18.5. The van der Waals surface area contributed by atoms with Crippen molar-refractivity contribution < 1.29 is 4.90 Å². The van der Waals surface area contributed by atoms with Crippen LogP contribution >= 0.6 is 0 Å². The predicted octanol–water partition coefficient (Wildman–Crippen LogP) is 5.39. The molecule has 0 heterocycles. The van der Waals surface area contributed by atoms with Crippen molar-refractivity contribution in [3.05, 3.63) is 119 Å². The van der Waals surface area contributed by atoms with Crippen LogP contribution < -0.4 is 26.8 Å². The molecule has 0 aliphatic carbocycles. The molecule has 4 rings (SSSR count). The van der Waals surface area contributed by atoms with E-state index in [1.54, 1.807) is 4.90 Å². The smallest absolute Gasteiger partial charge is 0.108 e. The number of nitrogens with one attached hydrogen (secondary N) is 1. The van der Waals surface area contributed by atoms with Gasteiger partial charge in [-0.3, -0.25) is 0 Å². The van der Waals surface area contributed by atoms with E-state index in [4.69, 9.17) is 0 Å². The molecule has 1 N–H and O–H groups in total. The second-order valence-corrected chi connectivity index (χ2v) is 12.5. The zero-order valence-electron chi connectivity index (χ0n) is 26.0. The number of hydrogen-bond acceptors (Lipinski definition) is 0. The van der Waals surface area contributed by atoms with E-state index in [1.165, 1.54) is 44.1 Å². The summed E-state index contributed by atoms with van der Waals surface area (Å²) in [5.41, 5.74) is 10.6. The van der Waals surface area contributed by atoms with E-state index in [-0.39, 0.29) is 0 Å². The molecule has 0 unspecified atom stereocenters. The van der Waals surface area contributed by atoms with E-state index >= 15 is 0 Å². The van der Waals surface area contributed by atoms with Crippen molar-refractivity contribution >= 4 is 28.0 Å². The Balaban J connectivity index is 0.000000360. The van der Waals surface area contributed by atoms with Crippen molar-refractivity contribution in [2.45, 2.75) is 87.4 Å². The molecule has 0 aliphatic rings. The van der Waals surface area contributed by atoms with Gasteiger partial charge in [0.1, 0.15) is 6.15 Å². The summed E-state index contributed by atoms with van der Waals surface area (Å²) in [6.45, 7) is 22.3. The first-order valence-corrected chi connectivity index (χ1v) is 14.8. The highest BCUT2D eigenvalue weighted by Crippen LogP contribution is 2.12. The Bertz CT molecular complexity index is 1080. The summed E-state index contributed by atoms with van der Waals surface area (Å²) < 4.78 is 0. The third kappa shape index (κ3) is 7.11. The van der Waals surface area contributed by atoms with Gasteiger partial charge in [0.15, 0.2) is 0 Å². The quantitative estimate of drug-likeness (QED) is 0.312. The standard InChI is InChI=1S/C28H28B.C9H21N/c1-21-5-13-25(14-6-21)29(26-15-7-22(2)8-16-26,27-17-9-23(3)10-18-27)28-19-11-24(4)12-20-28;1-7(2)10(8(3)4)9(5)6/h5-20H,1-4H3;7-9H,1-6H3/q-1;/p+1. The average Bonchev–Trinajstić information content (AvgIpc) is 2.88. The molecular weight excluding hydrogens is 469 g/mol. The van der Waals surface area contributed by atoms with Gasteiger partial charge >= 0.3 is 0 Å². The van der Waals surface area contributed by atoms with Crippen LogP contribution in [0.15, 0.2) is 97.1 Å². The number of hydrogen-bond donors (Lipinski definition) is 1. The Hall–Kier alpha value is -3.10. The van der Waals surface area contributed by atoms with E-state index in [2.05, 4.69) is 166 Å². The normalized spacial score (nSPS) is 11.7. The van der Waals surface area contributed by atoms with Gasteiger partial charge in [-0.2, -0.15) is 21.9 Å². The lowest BCUT2D eigenvalue weighted by Crippen LogP contribution is -3.20. The van der Waals surface area contributed by atoms with Crippen LogP contribution in [0, 0.1) is 27.7 Å². The molecule has 0 atom stereocenters. The number of quaternary nitrogens is 1. The lowest BCUT2D eigenvalue weighted by molar-refractivity contribution is -0.962. The molecule has 206 valence electrons. The highest BCUT2D eigenvalue weighted by atomic mass is 15.2. The van der Waals surface area contributed by atoms with Crippen LogP contribution in [-0.2, 0) is 0 Å². The molecular formula is C37H50BN. The van der Waals surface area contributed by atoms with Crippen LogP contribution in [0.25, 0.3) is 0 Å². The first kappa shape index (κ1) is 30.4. The molecule has 1 nitrogen and oxygen atoms in total. The topological polar surface area (TPSA) is 4.44 Å². The van der Waals surface area contributed by atoms with Crippen LogP contribution in [0.5, 0.6) is 0 Å². The summed E-state index contributed by atoms with van der Waals surface area (Å²) in [6.07, 6.45) is -1.27. The van der Waals surface area contributed by atoms with Gasteiger partial charge < -0.3 is 4.90 Å². The third-order valence-corrected chi connectivity index (χ3v) is 8.31. The van der Waals surface area contributed by atoms with Gasteiger partial charge in [0, 0.05) is 0 Å². The molecule has 4 aromatic rings. The van der Waals surface area contributed by atoms with Crippen LogP contribution in [0.2, 0.25) is 0 Å². The molecule has 2 heteroatoms.